The van der Waals surface area contributed by atoms with Gasteiger partial charge in [-0.2, -0.15) is 0 Å². The van der Waals surface area contributed by atoms with Gasteiger partial charge < -0.3 is 14.2 Å². The maximum absolute atomic E-state index is 6.04. The highest BCUT2D eigenvalue weighted by Gasteiger charge is 2.32. The van der Waals surface area contributed by atoms with Crippen molar-refractivity contribution >= 4 is 0 Å². The minimum Gasteiger partial charge on any atom is -0.382 e. The first kappa shape index (κ1) is 14.9. The topological polar surface area (TPSA) is 27.7 Å². The molecular weight excluding hydrogens is 216 g/mol. The first-order valence-electron chi connectivity index (χ1n) is 7.03. The summed E-state index contributed by atoms with van der Waals surface area (Å²) in [6.07, 6.45) is 10.1. The third-order valence-corrected chi connectivity index (χ3v) is 3.63. The molecule has 0 unspecified atom stereocenters. The predicted molar refractivity (Wildman–Crippen MR) is 69.1 cm³/mol. The molecule has 1 fully saturated rings. The normalized spacial score (nSPS) is 19.4. The third kappa shape index (κ3) is 5.84. The SMILES string of the molecule is CCCCC1(OCOCCOC)CCCCC1. The summed E-state index contributed by atoms with van der Waals surface area (Å²) in [7, 11) is 1.69. The smallest absolute Gasteiger partial charge is 0.147 e. The van der Waals surface area contributed by atoms with Crippen molar-refractivity contribution in [2.45, 2.75) is 63.9 Å². The van der Waals surface area contributed by atoms with Crippen molar-refractivity contribution in [3.63, 3.8) is 0 Å². The first-order valence-corrected chi connectivity index (χ1v) is 7.03. The van der Waals surface area contributed by atoms with Crippen LogP contribution in [0.3, 0.4) is 0 Å². The quantitative estimate of drug-likeness (QED) is 0.459. The van der Waals surface area contributed by atoms with Crippen molar-refractivity contribution in [2.24, 2.45) is 0 Å². The molecule has 0 spiro atoms. The van der Waals surface area contributed by atoms with Crippen molar-refractivity contribution in [1.82, 2.24) is 0 Å². The molecule has 0 aromatic rings. The van der Waals surface area contributed by atoms with E-state index in [0.717, 1.165) is 0 Å². The molecule has 102 valence electrons. The number of methoxy groups -OCH3 is 1. The van der Waals surface area contributed by atoms with E-state index >= 15 is 0 Å². The van der Waals surface area contributed by atoms with Crippen LogP contribution in [-0.2, 0) is 14.2 Å². The molecule has 0 atom stereocenters. The summed E-state index contributed by atoms with van der Waals surface area (Å²) in [5.74, 6) is 0. The van der Waals surface area contributed by atoms with Gasteiger partial charge in [-0.15, -0.1) is 0 Å². The van der Waals surface area contributed by atoms with Crippen LogP contribution in [0.5, 0.6) is 0 Å². The van der Waals surface area contributed by atoms with Gasteiger partial charge in [-0.1, -0.05) is 39.0 Å². The fraction of sp³-hybridized carbons (Fsp3) is 1.00. The van der Waals surface area contributed by atoms with Crippen molar-refractivity contribution in [3.8, 4) is 0 Å². The van der Waals surface area contributed by atoms with Crippen LogP contribution in [0.25, 0.3) is 0 Å². The molecule has 17 heavy (non-hydrogen) atoms. The summed E-state index contributed by atoms with van der Waals surface area (Å²) in [6.45, 7) is 3.93. The van der Waals surface area contributed by atoms with E-state index in [2.05, 4.69) is 6.92 Å². The highest BCUT2D eigenvalue weighted by Crippen LogP contribution is 2.35. The Morgan fingerprint density at radius 1 is 1.06 bits per heavy atom. The Kier molecular flexibility index (Phi) is 7.82. The average molecular weight is 244 g/mol. The van der Waals surface area contributed by atoms with E-state index < -0.39 is 0 Å². The number of unbranched alkanes of at least 4 members (excludes halogenated alkanes) is 1. The van der Waals surface area contributed by atoms with Gasteiger partial charge in [-0.25, -0.2) is 0 Å². The van der Waals surface area contributed by atoms with Gasteiger partial charge in [0, 0.05) is 7.11 Å². The fourth-order valence-corrected chi connectivity index (χ4v) is 2.53. The lowest BCUT2D eigenvalue weighted by molar-refractivity contribution is -0.162. The minimum atomic E-state index is 0.112. The van der Waals surface area contributed by atoms with Crippen LogP contribution in [0.4, 0.5) is 0 Å². The summed E-state index contributed by atoms with van der Waals surface area (Å²) in [4.78, 5) is 0. The highest BCUT2D eigenvalue weighted by atomic mass is 16.7. The second-order valence-corrected chi connectivity index (χ2v) is 5.01. The molecular formula is C14H28O3. The molecule has 1 saturated carbocycles. The maximum atomic E-state index is 6.04. The Balaban J connectivity index is 2.24. The number of hydrogen-bond donors (Lipinski definition) is 0. The van der Waals surface area contributed by atoms with Crippen molar-refractivity contribution in [3.05, 3.63) is 0 Å². The Bertz CT molecular complexity index is 176. The zero-order chi connectivity index (χ0) is 12.4. The molecule has 1 aliphatic rings. The van der Waals surface area contributed by atoms with Gasteiger partial charge in [-0.05, 0) is 19.3 Å². The maximum Gasteiger partial charge on any atom is 0.147 e. The molecule has 0 aromatic heterocycles. The van der Waals surface area contributed by atoms with Crippen LogP contribution in [0.2, 0.25) is 0 Å². The molecule has 0 amide bonds. The van der Waals surface area contributed by atoms with Crippen molar-refractivity contribution in [1.29, 1.82) is 0 Å². The Labute approximate surface area is 106 Å². The van der Waals surface area contributed by atoms with Gasteiger partial charge in [0.1, 0.15) is 6.79 Å². The van der Waals surface area contributed by atoms with Crippen LogP contribution < -0.4 is 0 Å². The molecule has 0 bridgehead atoms. The lowest BCUT2D eigenvalue weighted by Gasteiger charge is -2.37. The molecule has 3 nitrogen and oxygen atoms in total. The van der Waals surface area contributed by atoms with Crippen LogP contribution in [0, 0.1) is 0 Å². The third-order valence-electron chi connectivity index (χ3n) is 3.63. The molecule has 0 saturated heterocycles. The molecule has 3 heteroatoms. The lowest BCUT2D eigenvalue weighted by Crippen LogP contribution is -2.36. The molecule has 1 aliphatic carbocycles. The Hall–Kier alpha value is -0.120. The van der Waals surface area contributed by atoms with E-state index in [9.17, 15) is 0 Å². The Morgan fingerprint density at radius 2 is 1.82 bits per heavy atom. The predicted octanol–water partition coefficient (Wildman–Crippen LogP) is 3.52. The summed E-state index contributed by atoms with van der Waals surface area (Å²) in [6, 6.07) is 0. The summed E-state index contributed by atoms with van der Waals surface area (Å²) >= 11 is 0. The van der Waals surface area contributed by atoms with E-state index in [1.165, 1.54) is 51.4 Å². The average Bonchev–Trinajstić information content (AvgIpc) is 2.37. The number of rotatable bonds is 9. The van der Waals surface area contributed by atoms with Gasteiger partial charge >= 0.3 is 0 Å². The number of hydrogen-bond acceptors (Lipinski definition) is 3. The standard InChI is InChI=1S/C14H28O3/c1-3-4-8-14(9-6-5-7-10-14)17-13-16-12-11-15-2/h3-13H2,1-2H3. The van der Waals surface area contributed by atoms with Crippen molar-refractivity contribution < 1.29 is 14.2 Å². The van der Waals surface area contributed by atoms with E-state index in [1.807, 2.05) is 0 Å². The largest absolute Gasteiger partial charge is 0.382 e. The molecule has 0 N–H and O–H groups in total. The monoisotopic (exact) mass is 244 g/mol. The van der Waals surface area contributed by atoms with Gasteiger partial charge in [0.05, 0.1) is 18.8 Å². The van der Waals surface area contributed by atoms with E-state index in [-0.39, 0.29) is 5.60 Å². The summed E-state index contributed by atoms with van der Waals surface area (Å²) in [5.41, 5.74) is 0.112. The van der Waals surface area contributed by atoms with E-state index in [0.29, 0.717) is 20.0 Å². The molecule has 1 rings (SSSR count). The molecule has 0 aliphatic heterocycles. The van der Waals surface area contributed by atoms with Crippen LogP contribution in [-0.4, -0.2) is 32.7 Å². The van der Waals surface area contributed by atoms with Gasteiger partial charge in [0.25, 0.3) is 0 Å². The zero-order valence-electron chi connectivity index (χ0n) is 11.5. The lowest BCUT2D eigenvalue weighted by atomic mass is 9.81. The minimum absolute atomic E-state index is 0.112. The summed E-state index contributed by atoms with van der Waals surface area (Å²) in [5, 5.41) is 0. The van der Waals surface area contributed by atoms with Gasteiger partial charge in [0.2, 0.25) is 0 Å². The molecule has 0 radical (unpaired) electrons. The van der Waals surface area contributed by atoms with E-state index in [1.54, 1.807) is 7.11 Å². The molecule has 0 heterocycles. The number of ether oxygens (including phenoxy) is 3. The van der Waals surface area contributed by atoms with Gasteiger partial charge in [0.15, 0.2) is 0 Å². The zero-order valence-corrected chi connectivity index (χ0v) is 11.5. The Morgan fingerprint density at radius 3 is 2.47 bits per heavy atom. The van der Waals surface area contributed by atoms with E-state index in [4.69, 9.17) is 14.2 Å². The van der Waals surface area contributed by atoms with Crippen molar-refractivity contribution in [2.75, 3.05) is 27.1 Å². The second-order valence-electron chi connectivity index (χ2n) is 5.01. The fourth-order valence-electron chi connectivity index (χ4n) is 2.53. The highest BCUT2D eigenvalue weighted by molar-refractivity contribution is 4.83. The second kappa shape index (κ2) is 8.90. The van der Waals surface area contributed by atoms with Crippen LogP contribution >= 0.6 is 0 Å². The van der Waals surface area contributed by atoms with Gasteiger partial charge in [-0.3, -0.25) is 0 Å². The summed E-state index contributed by atoms with van der Waals surface area (Å²) < 4.78 is 16.4. The molecule has 0 aromatic carbocycles. The first-order chi connectivity index (χ1) is 8.33. The van der Waals surface area contributed by atoms with Crippen LogP contribution in [0.1, 0.15) is 58.3 Å². The van der Waals surface area contributed by atoms with Crippen LogP contribution in [0.15, 0.2) is 0 Å².